The summed E-state index contributed by atoms with van der Waals surface area (Å²) >= 11 is 0. The van der Waals surface area contributed by atoms with Gasteiger partial charge in [-0.25, -0.2) is 0 Å². The maximum atomic E-state index is 12.5. The van der Waals surface area contributed by atoms with Crippen molar-refractivity contribution in [3.05, 3.63) is 313 Å². The number of aryl methyl sites for hydroxylation is 10. The Morgan fingerprint density at radius 1 is 0.299 bits per heavy atom. The van der Waals surface area contributed by atoms with Crippen LogP contribution < -0.4 is 123 Å². The third-order valence-electron chi connectivity index (χ3n) is 30.4. The summed E-state index contributed by atoms with van der Waals surface area (Å²) < 4.78 is 47.4. The molecular formula is C117H132N18O12. The largest absolute Gasteiger partial charge is 0.487 e. The van der Waals surface area contributed by atoms with Crippen molar-refractivity contribution in [1.29, 1.82) is 0 Å². The summed E-state index contributed by atoms with van der Waals surface area (Å²) in [5.74, 6) is 4.70. The number of pyridine rings is 6. The van der Waals surface area contributed by atoms with Crippen LogP contribution >= 0.6 is 0 Å². The number of allylic oxidation sites excluding steroid dienone is 10. The molecule has 0 saturated heterocycles. The van der Waals surface area contributed by atoms with Crippen molar-refractivity contribution in [3.63, 3.8) is 0 Å². The molecule has 30 nitrogen and oxygen atoms in total. The van der Waals surface area contributed by atoms with Gasteiger partial charge in [0.05, 0.1) is 103 Å². The van der Waals surface area contributed by atoms with Gasteiger partial charge in [0.15, 0.2) is 34.5 Å². The number of hydrogen-bond donors (Lipinski definition) is 6. The second-order valence-corrected chi connectivity index (χ2v) is 39.8. The van der Waals surface area contributed by atoms with E-state index >= 15 is 0 Å². The summed E-state index contributed by atoms with van der Waals surface area (Å²) in [7, 11) is 16.9. The maximum absolute atomic E-state index is 12.5. The second-order valence-electron chi connectivity index (χ2n) is 39.8. The highest BCUT2D eigenvalue weighted by atomic mass is 16.5. The third kappa shape index (κ3) is 16.8. The lowest BCUT2D eigenvalue weighted by molar-refractivity contribution is 0.267. The molecule has 0 saturated carbocycles. The lowest BCUT2D eigenvalue weighted by Gasteiger charge is -2.43. The molecule has 1 unspecified atom stereocenters. The van der Waals surface area contributed by atoms with E-state index in [2.05, 4.69) is 202 Å². The number of anilines is 6. The smallest absolute Gasteiger partial charge is 0.251 e. The monoisotopic (exact) mass is 1980 g/mol. The summed E-state index contributed by atoms with van der Waals surface area (Å²) in [6, 6.07) is 27.6. The molecule has 6 aromatic heterocycles. The van der Waals surface area contributed by atoms with Gasteiger partial charge in [0, 0.05) is 217 Å². The molecular weight excluding hydrogens is 1850 g/mol. The molecule has 7 N–H and O–H groups in total. The number of nitrogens with zero attached hydrogens (tertiary/aromatic N) is 12. The van der Waals surface area contributed by atoms with Gasteiger partial charge in [0.25, 0.3) is 33.4 Å². The van der Waals surface area contributed by atoms with Crippen LogP contribution in [0.25, 0.3) is 99.9 Å². The van der Waals surface area contributed by atoms with Gasteiger partial charge in [-0.3, -0.25) is 28.8 Å². The number of fused-ring (bicyclic) bond motifs is 12. The fraction of sp³-hybridized carbons (Fsp3) is 0.333. The highest BCUT2D eigenvalue weighted by Crippen LogP contribution is 2.56. The van der Waals surface area contributed by atoms with Crippen molar-refractivity contribution in [2.24, 2.45) is 33.9 Å². The molecule has 147 heavy (non-hydrogen) atoms. The van der Waals surface area contributed by atoms with Crippen LogP contribution in [0.2, 0.25) is 0 Å². The van der Waals surface area contributed by atoms with Gasteiger partial charge in [-0.1, -0.05) is 51.6 Å². The molecule has 12 aromatic rings. The molecule has 6 aromatic carbocycles. The molecule has 30 heteroatoms. The topological polar surface area (TPSA) is 293 Å². The molecule has 6 atom stereocenters. The van der Waals surface area contributed by atoms with Crippen molar-refractivity contribution in [2.45, 2.75) is 119 Å². The van der Waals surface area contributed by atoms with Gasteiger partial charge in [-0.05, 0) is 234 Å². The molecule has 0 amide bonds. The summed E-state index contributed by atoms with van der Waals surface area (Å²) in [6.45, 7) is 54.6. The third-order valence-corrected chi connectivity index (χ3v) is 30.4. The van der Waals surface area contributed by atoms with Crippen LogP contribution in [0.3, 0.4) is 0 Å². The maximum Gasteiger partial charge on any atom is 0.251 e. The molecule has 18 heterocycles. The summed E-state index contributed by atoms with van der Waals surface area (Å²) in [4.78, 5) is 87.3. The van der Waals surface area contributed by atoms with E-state index in [0.29, 0.717) is 59.3 Å². The summed E-state index contributed by atoms with van der Waals surface area (Å²) in [6.07, 6.45) is 16.7. The fourth-order valence-corrected chi connectivity index (χ4v) is 23.3. The Kier molecular flexibility index (Phi) is 27.1. The van der Waals surface area contributed by atoms with Gasteiger partial charge in [-0.2, -0.15) is 0 Å². The van der Waals surface area contributed by atoms with Crippen molar-refractivity contribution in [2.75, 3.05) is 144 Å². The molecule has 0 spiro atoms. The standard InChI is InChI=1S/3C20H23N3O2.3C19H21N3O2/c1-11-6-13(3)23-14(9-21-4)10-25-20-18-15(8-16(11)19(20)23)12(2)7-17(24)22(18)5;1-5-22-17(24)7-6-14-9-16-12(2)8-13(3)23-15(10-21-4)11-25-20(18(14)22)19(16)23;1-5-22-17(24)8-12(2)16-9-14-7-6-13(3)23-15(10-21-4)11-25-20(18(14)23)19(16)22;1-10-5-12(3)22-13(8-20)9-24-19-17-14(7-15(10)18(19)22)11(2)6-16(23)21(17)4;1-11-7-12(2)22-14(9-20-3)10-24-19-17-13(8-15(11)18(19)22)5-6-16(23)21(17)4;1-11-7-16(23)21(4)18-15(11)8-13-6-5-12(2)22-14(9-20-3)10-24-19(18)17(13)22/h6-8,14,21H,3,9-10H2,1-2,4-5H3;2*6-9,15,21H,3,5,10-11H2,1-2,4H3;5-7,13H,3,8-9,20H2,1-2,4H3;2*5-8,14,20H,2,9-10H2,1,3-4H3/t14-;2*15-;;2*14-/m000.00/s1. The van der Waals surface area contributed by atoms with E-state index in [1.165, 1.54) is 11.1 Å². The minimum atomic E-state index is -0.0342. The molecule has 24 rings (SSSR count). The van der Waals surface area contributed by atoms with Crippen LogP contribution in [0.15, 0.2) is 224 Å². The number of aromatic nitrogens is 6. The molecule has 762 valence electrons. The predicted molar refractivity (Wildman–Crippen MR) is 600 cm³/mol. The first-order chi connectivity index (χ1) is 70.5. The van der Waals surface area contributed by atoms with E-state index < -0.39 is 0 Å². The molecule has 12 aliphatic rings. The quantitative estimate of drug-likeness (QED) is 0.0625. The first kappa shape index (κ1) is 101. The van der Waals surface area contributed by atoms with Crippen LogP contribution in [-0.4, -0.2) is 178 Å². The number of benzene rings is 6. The number of hydrogen-bond acceptors (Lipinski definition) is 24. The molecule has 0 bridgehead atoms. The van der Waals surface area contributed by atoms with Gasteiger partial charge >= 0.3 is 0 Å². The number of rotatable bonds is 13. The van der Waals surface area contributed by atoms with E-state index in [9.17, 15) is 28.8 Å². The van der Waals surface area contributed by atoms with Crippen molar-refractivity contribution in [1.82, 2.24) is 54.0 Å². The average Bonchev–Trinajstić information content (AvgIpc) is 0.741. The minimum absolute atomic E-state index is 0.000554. The lowest BCUT2D eigenvalue weighted by Crippen LogP contribution is -2.48. The second kappa shape index (κ2) is 39.6. The van der Waals surface area contributed by atoms with Gasteiger partial charge in [0.2, 0.25) is 0 Å². The van der Waals surface area contributed by atoms with Crippen LogP contribution in [0, 0.1) is 27.7 Å². The normalized spacial score (nSPS) is 18.9. The van der Waals surface area contributed by atoms with Gasteiger partial charge in [-0.15, -0.1) is 0 Å². The van der Waals surface area contributed by atoms with E-state index in [4.69, 9.17) is 34.2 Å². The van der Waals surface area contributed by atoms with Gasteiger partial charge in [0.1, 0.15) is 39.6 Å². The average molecular weight is 1980 g/mol. The number of likely N-dealkylation sites (N-methyl/N-ethyl adjacent to an activating group) is 5. The van der Waals surface area contributed by atoms with Crippen LogP contribution in [0.4, 0.5) is 34.1 Å². The van der Waals surface area contributed by atoms with Crippen molar-refractivity contribution in [3.8, 4) is 34.5 Å². The predicted octanol–water partition coefficient (Wildman–Crippen LogP) is 14.7. The first-order valence-electron chi connectivity index (χ1n) is 50.4. The summed E-state index contributed by atoms with van der Waals surface area (Å²) in [5.41, 5.74) is 38.2. The Hall–Kier alpha value is -15.2. The minimum Gasteiger partial charge on any atom is -0.487 e. The first-order valence-corrected chi connectivity index (χ1v) is 50.4. The lowest BCUT2D eigenvalue weighted by atomic mass is 9.92. The Balaban J connectivity index is 0.000000111. The van der Waals surface area contributed by atoms with E-state index in [1.807, 2.05) is 95.0 Å². The molecule has 0 radical (unpaired) electrons. The Morgan fingerprint density at radius 2 is 0.565 bits per heavy atom. The van der Waals surface area contributed by atoms with Crippen molar-refractivity contribution < 1.29 is 28.4 Å². The number of nitrogens with two attached hydrogens (primary N) is 1. The SMILES string of the molecule is C=C1C=C(C)c2cc3c(C)cc(=O)n(C)c3c3c2N1C(CN)CO3.C=C1C=C(C)c2cc3c(C)cc(=O)n(C)c3c3c2N1[C@@H](CNC)CO3.C=C1C=C(C)c2cc3ccc(=O)n(C)c3c3c2N1[C@@H](CNC)CO3.C=C1C=C(C)c2cc3ccc(=O)n(CC)c3c3c2N1[C@@H](CNC)CO3.C=C1C=Cc2cc3c(C)cc(=O)n(C)c3c3c2N1[C@@H](CNC)CO3.C=C1C=Cc2cc3c(C)cc(=O)n(CC)c3c3c2N1[C@@H](CNC)CO3. The molecule has 12 aliphatic heterocycles. The van der Waals surface area contributed by atoms with Crippen LogP contribution in [0.5, 0.6) is 34.5 Å². The Bertz CT molecular complexity index is 8310. The van der Waals surface area contributed by atoms with E-state index in [-0.39, 0.29) is 69.6 Å². The van der Waals surface area contributed by atoms with E-state index in [0.717, 1.165) is 268 Å². The van der Waals surface area contributed by atoms with E-state index in [1.54, 1.807) is 92.0 Å². The zero-order valence-corrected chi connectivity index (χ0v) is 87.7. The highest BCUT2D eigenvalue weighted by molar-refractivity contribution is 6.07. The zero-order chi connectivity index (χ0) is 104. The van der Waals surface area contributed by atoms with Crippen molar-refractivity contribution >= 4 is 134 Å². The zero-order valence-electron chi connectivity index (χ0n) is 87.7. The van der Waals surface area contributed by atoms with Gasteiger partial charge < -0.3 is 118 Å². The Morgan fingerprint density at radius 3 is 0.912 bits per heavy atom. The molecule has 0 fully saturated rings. The fourth-order valence-electron chi connectivity index (χ4n) is 23.3. The molecule has 0 aliphatic carbocycles. The number of ether oxygens (including phenoxy) is 6. The van der Waals surface area contributed by atoms with Crippen LogP contribution in [0.1, 0.15) is 97.2 Å². The Labute approximate surface area is 854 Å². The summed E-state index contributed by atoms with van der Waals surface area (Å²) in [5, 5.41) is 22.4. The number of nitrogens with one attached hydrogen (secondary N) is 5. The highest BCUT2D eigenvalue weighted by Gasteiger charge is 2.44. The van der Waals surface area contributed by atoms with Crippen LogP contribution in [-0.2, 0) is 41.3 Å².